The molecule has 0 aliphatic heterocycles. The fourth-order valence-corrected chi connectivity index (χ4v) is 1.59. The van der Waals surface area contributed by atoms with Crippen molar-refractivity contribution in [3.8, 4) is 0 Å². The summed E-state index contributed by atoms with van der Waals surface area (Å²) in [7, 11) is -1.97. The summed E-state index contributed by atoms with van der Waals surface area (Å²) >= 11 is 0. The van der Waals surface area contributed by atoms with Crippen LogP contribution in [0.15, 0.2) is 10.6 Å². The second kappa shape index (κ2) is 5.96. The first kappa shape index (κ1) is 14.7. The predicted octanol–water partition coefficient (Wildman–Crippen LogP) is -0.467. The van der Waals surface area contributed by atoms with Crippen LogP contribution in [-0.4, -0.2) is 50.2 Å². The molecule has 1 aromatic heterocycles. The molecule has 1 heterocycles. The number of likely N-dealkylation sites (N-methyl/N-ethyl adjacent to an activating group) is 1. The highest BCUT2D eigenvalue weighted by Crippen LogP contribution is 2.01. The van der Waals surface area contributed by atoms with Gasteiger partial charge in [-0.25, -0.2) is 8.42 Å². The van der Waals surface area contributed by atoms with Crippen LogP contribution >= 0.6 is 0 Å². The highest BCUT2D eigenvalue weighted by molar-refractivity contribution is 7.88. The molecule has 0 unspecified atom stereocenters. The van der Waals surface area contributed by atoms with E-state index in [2.05, 4.69) is 10.5 Å². The van der Waals surface area contributed by atoms with Gasteiger partial charge < -0.3 is 9.84 Å². The maximum atomic E-state index is 11.4. The number of carbonyl (C=O) groups excluding carboxylic acids is 1. The number of aryl methyl sites for hydroxylation is 1. The molecule has 0 aromatic carbocycles. The third-order valence-corrected chi connectivity index (χ3v) is 3.56. The summed E-state index contributed by atoms with van der Waals surface area (Å²) in [5, 5.41) is 6.33. The zero-order valence-corrected chi connectivity index (χ0v) is 11.5. The van der Waals surface area contributed by atoms with Crippen LogP contribution in [0.25, 0.3) is 0 Å². The lowest BCUT2D eigenvalue weighted by molar-refractivity contribution is -0.121. The summed E-state index contributed by atoms with van der Waals surface area (Å²) in [4.78, 5) is 11.4. The third kappa shape index (κ3) is 4.84. The lowest BCUT2D eigenvalue weighted by Crippen LogP contribution is -2.38. The van der Waals surface area contributed by atoms with Crippen LogP contribution in [-0.2, 0) is 21.2 Å². The van der Waals surface area contributed by atoms with Crippen molar-refractivity contribution in [2.75, 3.05) is 26.4 Å². The summed E-state index contributed by atoms with van der Waals surface area (Å²) in [6, 6.07) is 1.79. The Morgan fingerprint density at radius 1 is 1.56 bits per heavy atom. The maximum absolute atomic E-state index is 11.4. The first-order chi connectivity index (χ1) is 8.29. The molecule has 0 aliphatic rings. The van der Waals surface area contributed by atoms with E-state index in [1.807, 2.05) is 6.92 Å². The normalized spacial score (nSPS) is 11.8. The van der Waals surface area contributed by atoms with Gasteiger partial charge in [0.2, 0.25) is 15.9 Å². The Morgan fingerprint density at radius 2 is 2.22 bits per heavy atom. The summed E-state index contributed by atoms with van der Waals surface area (Å²) in [6.45, 7) is 2.01. The zero-order chi connectivity index (χ0) is 13.8. The Hall–Kier alpha value is -1.41. The van der Waals surface area contributed by atoms with E-state index in [-0.39, 0.29) is 12.5 Å². The number of hydrogen-bond donors (Lipinski definition) is 1. The second-order valence-corrected chi connectivity index (χ2v) is 6.14. The molecule has 0 saturated heterocycles. The minimum atomic E-state index is -3.33. The molecule has 0 saturated carbocycles. The Morgan fingerprint density at radius 3 is 2.72 bits per heavy atom. The molecule has 0 fully saturated rings. The Labute approximate surface area is 106 Å². The van der Waals surface area contributed by atoms with Crippen molar-refractivity contribution < 1.29 is 17.7 Å². The van der Waals surface area contributed by atoms with Crippen molar-refractivity contribution in [3.63, 3.8) is 0 Å². The average molecular weight is 275 g/mol. The maximum Gasteiger partial charge on any atom is 0.235 e. The molecule has 1 N–H and O–H groups in total. The van der Waals surface area contributed by atoms with Crippen molar-refractivity contribution in [2.45, 2.75) is 13.3 Å². The van der Waals surface area contributed by atoms with Crippen LogP contribution in [0, 0.1) is 6.92 Å². The number of rotatable bonds is 6. The molecule has 0 atom stereocenters. The predicted molar refractivity (Wildman–Crippen MR) is 65.4 cm³/mol. The van der Waals surface area contributed by atoms with Crippen LogP contribution in [0.2, 0.25) is 0 Å². The minimum absolute atomic E-state index is 0.186. The molecular weight excluding hydrogens is 258 g/mol. The first-order valence-corrected chi connectivity index (χ1v) is 7.24. The van der Waals surface area contributed by atoms with Crippen molar-refractivity contribution in [1.29, 1.82) is 0 Å². The molecule has 7 nitrogen and oxygen atoms in total. The Kier molecular flexibility index (Phi) is 4.85. The van der Waals surface area contributed by atoms with Crippen LogP contribution in [0.3, 0.4) is 0 Å². The largest absolute Gasteiger partial charge is 0.361 e. The van der Waals surface area contributed by atoms with Crippen molar-refractivity contribution in [2.24, 2.45) is 0 Å². The fraction of sp³-hybridized carbons (Fsp3) is 0.600. The van der Waals surface area contributed by atoms with E-state index in [1.54, 1.807) is 6.07 Å². The van der Waals surface area contributed by atoms with Gasteiger partial charge in [0.1, 0.15) is 5.76 Å². The van der Waals surface area contributed by atoms with E-state index in [0.29, 0.717) is 18.7 Å². The van der Waals surface area contributed by atoms with Gasteiger partial charge in [-0.2, -0.15) is 4.31 Å². The van der Waals surface area contributed by atoms with Crippen molar-refractivity contribution >= 4 is 15.9 Å². The molecule has 0 radical (unpaired) electrons. The van der Waals surface area contributed by atoms with E-state index in [1.165, 1.54) is 7.05 Å². The highest BCUT2D eigenvalue weighted by atomic mass is 32.2. The van der Waals surface area contributed by atoms with E-state index >= 15 is 0 Å². The van der Waals surface area contributed by atoms with E-state index in [9.17, 15) is 13.2 Å². The molecule has 1 amide bonds. The van der Waals surface area contributed by atoms with Crippen molar-refractivity contribution in [3.05, 3.63) is 17.5 Å². The van der Waals surface area contributed by atoms with Crippen molar-refractivity contribution in [1.82, 2.24) is 14.8 Å². The fourth-order valence-electron chi connectivity index (χ4n) is 1.23. The van der Waals surface area contributed by atoms with E-state index in [4.69, 9.17) is 4.52 Å². The molecule has 102 valence electrons. The number of hydrogen-bond acceptors (Lipinski definition) is 5. The number of carbonyl (C=O) groups is 1. The molecule has 8 heteroatoms. The molecule has 1 rings (SSSR count). The second-order valence-electron chi connectivity index (χ2n) is 4.05. The van der Waals surface area contributed by atoms with Gasteiger partial charge in [-0.1, -0.05) is 5.16 Å². The Balaban J connectivity index is 2.30. The number of aromatic nitrogens is 1. The first-order valence-electron chi connectivity index (χ1n) is 5.39. The van der Waals surface area contributed by atoms with Gasteiger partial charge in [-0.15, -0.1) is 0 Å². The zero-order valence-electron chi connectivity index (χ0n) is 10.6. The molecule has 1 aromatic rings. The van der Waals surface area contributed by atoms with Crippen LogP contribution in [0.4, 0.5) is 0 Å². The summed E-state index contributed by atoms with van der Waals surface area (Å²) in [6.07, 6.45) is 1.58. The third-order valence-electron chi connectivity index (χ3n) is 2.30. The molecular formula is C10H17N3O4S. The topological polar surface area (TPSA) is 92.5 Å². The quantitative estimate of drug-likeness (QED) is 0.758. The highest BCUT2D eigenvalue weighted by Gasteiger charge is 2.14. The average Bonchev–Trinajstić information content (AvgIpc) is 2.62. The Bertz CT molecular complexity index is 509. The van der Waals surface area contributed by atoms with E-state index in [0.717, 1.165) is 16.3 Å². The number of nitrogens with one attached hydrogen (secondary N) is 1. The molecule has 0 spiro atoms. The van der Waals surface area contributed by atoms with Gasteiger partial charge in [-0.05, 0) is 6.92 Å². The van der Waals surface area contributed by atoms with Gasteiger partial charge in [0.25, 0.3) is 0 Å². The number of amides is 1. The number of nitrogens with zero attached hydrogens (tertiary/aromatic N) is 2. The van der Waals surface area contributed by atoms with Gasteiger partial charge in [-0.3, -0.25) is 4.79 Å². The van der Waals surface area contributed by atoms with Gasteiger partial charge in [0.15, 0.2) is 0 Å². The monoisotopic (exact) mass is 275 g/mol. The smallest absolute Gasteiger partial charge is 0.235 e. The molecule has 18 heavy (non-hydrogen) atoms. The van der Waals surface area contributed by atoms with Gasteiger partial charge >= 0.3 is 0 Å². The lowest BCUT2D eigenvalue weighted by atomic mass is 10.3. The van der Waals surface area contributed by atoms with Crippen LogP contribution in [0.1, 0.15) is 11.5 Å². The summed E-state index contributed by atoms with van der Waals surface area (Å²) in [5.74, 6) is 0.337. The van der Waals surface area contributed by atoms with Gasteiger partial charge in [0.05, 0.1) is 18.5 Å². The van der Waals surface area contributed by atoms with Crippen LogP contribution < -0.4 is 5.32 Å². The minimum Gasteiger partial charge on any atom is -0.361 e. The van der Waals surface area contributed by atoms with Gasteiger partial charge in [0, 0.05) is 26.1 Å². The summed E-state index contributed by atoms with van der Waals surface area (Å²) < 4.78 is 28.1. The lowest BCUT2D eigenvalue weighted by Gasteiger charge is -2.13. The standard InChI is InChI=1S/C10H17N3O4S/c1-8-6-9(17-12-8)4-5-11-10(14)7-13(2)18(3,15)16/h6H,4-5,7H2,1-3H3,(H,11,14). The molecule has 0 aliphatic carbocycles. The molecule has 0 bridgehead atoms. The van der Waals surface area contributed by atoms with Crippen LogP contribution in [0.5, 0.6) is 0 Å². The SMILES string of the molecule is Cc1cc(CCNC(=O)CN(C)S(C)(=O)=O)on1. The van der Waals surface area contributed by atoms with E-state index < -0.39 is 10.0 Å². The number of sulfonamides is 1. The summed E-state index contributed by atoms with van der Waals surface area (Å²) in [5.41, 5.74) is 0.785.